The first-order valence-electron chi connectivity index (χ1n) is 8.09. The van der Waals surface area contributed by atoms with E-state index >= 15 is 0 Å². The van der Waals surface area contributed by atoms with Gasteiger partial charge in [-0.1, -0.05) is 25.1 Å². The largest absolute Gasteiger partial charge is 0.356 e. The Bertz CT molecular complexity index is 687. The summed E-state index contributed by atoms with van der Waals surface area (Å²) in [4.78, 5) is 23.5. The summed E-state index contributed by atoms with van der Waals surface area (Å²) < 4.78 is 0. The Morgan fingerprint density at radius 3 is 2.78 bits per heavy atom. The molecule has 1 aliphatic rings. The zero-order valence-electron chi connectivity index (χ0n) is 13.6. The first-order valence-corrected chi connectivity index (χ1v) is 8.09. The van der Waals surface area contributed by atoms with Gasteiger partial charge in [0.15, 0.2) is 0 Å². The maximum Gasteiger partial charge on any atom is 0.274 e. The van der Waals surface area contributed by atoms with Crippen molar-refractivity contribution in [1.82, 2.24) is 9.97 Å². The molecule has 3 rings (SSSR count). The lowest BCUT2D eigenvalue weighted by Gasteiger charge is -2.32. The number of aromatic nitrogens is 2. The first-order chi connectivity index (χ1) is 11.1. The highest BCUT2D eigenvalue weighted by Crippen LogP contribution is 2.22. The lowest BCUT2D eigenvalue weighted by Crippen LogP contribution is -2.35. The molecule has 0 bridgehead atoms. The minimum atomic E-state index is -0.201. The second kappa shape index (κ2) is 6.77. The second-order valence-corrected chi connectivity index (χ2v) is 6.17. The van der Waals surface area contributed by atoms with Crippen LogP contribution in [-0.4, -0.2) is 29.0 Å². The number of piperidine rings is 1. The molecule has 0 aliphatic carbocycles. The van der Waals surface area contributed by atoms with Crippen LogP contribution in [0.5, 0.6) is 0 Å². The molecule has 1 amide bonds. The van der Waals surface area contributed by atoms with E-state index in [1.54, 1.807) is 6.07 Å². The number of carbonyl (C=O) groups excluding carboxylic acids is 1. The minimum Gasteiger partial charge on any atom is -0.356 e. The predicted octanol–water partition coefficient (Wildman–Crippen LogP) is 3.27. The quantitative estimate of drug-likeness (QED) is 0.945. The van der Waals surface area contributed by atoms with Gasteiger partial charge >= 0.3 is 0 Å². The van der Waals surface area contributed by atoms with Crippen LogP contribution in [0.4, 0.5) is 11.5 Å². The molecule has 23 heavy (non-hydrogen) atoms. The van der Waals surface area contributed by atoms with Crippen molar-refractivity contribution in [1.29, 1.82) is 0 Å². The smallest absolute Gasteiger partial charge is 0.274 e. The number of carbonyl (C=O) groups is 1. The summed E-state index contributed by atoms with van der Waals surface area (Å²) in [6.45, 7) is 6.05. The van der Waals surface area contributed by atoms with Gasteiger partial charge in [0.05, 0.1) is 0 Å². The Kier molecular flexibility index (Phi) is 4.55. The topological polar surface area (TPSA) is 58.1 Å². The van der Waals surface area contributed by atoms with Crippen molar-refractivity contribution < 1.29 is 4.79 Å². The molecule has 0 spiro atoms. The average molecular weight is 310 g/mol. The van der Waals surface area contributed by atoms with Crippen LogP contribution in [0.15, 0.2) is 36.4 Å². The maximum atomic E-state index is 12.4. The number of benzene rings is 1. The molecule has 1 fully saturated rings. The Labute approximate surface area is 136 Å². The van der Waals surface area contributed by atoms with E-state index in [-0.39, 0.29) is 5.91 Å². The molecule has 2 heterocycles. The lowest BCUT2D eigenvalue weighted by atomic mass is 10.0. The van der Waals surface area contributed by atoms with Crippen molar-refractivity contribution >= 4 is 17.4 Å². The van der Waals surface area contributed by atoms with Gasteiger partial charge in [0.2, 0.25) is 0 Å². The van der Waals surface area contributed by atoms with Crippen LogP contribution in [0.1, 0.15) is 36.1 Å². The summed E-state index contributed by atoms with van der Waals surface area (Å²) in [6.07, 6.45) is 2.41. The first kappa shape index (κ1) is 15.5. The molecule has 0 saturated carbocycles. The third-order valence-electron chi connectivity index (χ3n) is 4.07. The molecular weight excluding hydrogens is 288 g/mol. The molecule has 120 valence electrons. The Hall–Kier alpha value is -2.43. The molecule has 2 aromatic rings. The summed E-state index contributed by atoms with van der Waals surface area (Å²) in [6, 6.07) is 11.2. The highest BCUT2D eigenvalue weighted by atomic mass is 16.1. The van der Waals surface area contributed by atoms with Gasteiger partial charge in [-0.3, -0.25) is 4.79 Å². The maximum absolute atomic E-state index is 12.4. The molecule has 0 radical (unpaired) electrons. The van der Waals surface area contributed by atoms with Crippen LogP contribution in [0.25, 0.3) is 0 Å². The number of anilines is 2. The van der Waals surface area contributed by atoms with Gasteiger partial charge in [-0.15, -0.1) is 0 Å². The number of para-hydroxylation sites is 1. The van der Waals surface area contributed by atoms with Crippen LogP contribution in [0.2, 0.25) is 0 Å². The number of nitrogens with one attached hydrogen (secondary N) is 1. The number of aryl methyl sites for hydroxylation is 1. The number of nitrogens with zero attached hydrogens (tertiary/aromatic N) is 3. The zero-order chi connectivity index (χ0) is 16.2. The lowest BCUT2D eigenvalue weighted by molar-refractivity contribution is 0.102. The third kappa shape index (κ3) is 3.86. The van der Waals surface area contributed by atoms with Crippen molar-refractivity contribution in [2.45, 2.75) is 26.7 Å². The van der Waals surface area contributed by atoms with E-state index < -0.39 is 0 Å². The molecule has 1 saturated heterocycles. The SMILES string of the molecule is Cc1nc(C(=O)Nc2ccccc2)cc(N2CCCC(C)C2)n1. The fourth-order valence-electron chi connectivity index (χ4n) is 2.94. The van der Waals surface area contributed by atoms with Gasteiger partial charge in [-0.25, -0.2) is 9.97 Å². The monoisotopic (exact) mass is 310 g/mol. The van der Waals surface area contributed by atoms with Gasteiger partial charge in [0, 0.05) is 24.8 Å². The summed E-state index contributed by atoms with van der Waals surface area (Å²) in [5.41, 5.74) is 1.18. The van der Waals surface area contributed by atoms with Gasteiger partial charge in [0.25, 0.3) is 5.91 Å². The number of hydrogen-bond acceptors (Lipinski definition) is 4. The van der Waals surface area contributed by atoms with Crippen molar-refractivity contribution in [2.75, 3.05) is 23.3 Å². The van der Waals surface area contributed by atoms with Gasteiger partial charge in [-0.05, 0) is 37.8 Å². The Balaban J connectivity index is 1.81. The van der Waals surface area contributed by atoms with Crippen molar-refractivity contribution in [3.8, 4) is 0 Å². The van der Waals surface area contributed by atoms with E-state index in [1.165, 1.54) is 6.42 Å². The molecule has 1 unspecified atom stereocenters. The molecule has 1 aromatic heterocycles. The van der Waals surface area contributed by atoms with Crippen LogP contribution >= 0.6 is 0 Å². The molecule has 5 heteroatoms. The second-order valence-electron chi connectivity index (χ2n) is 6.17. The fraction of sp³-hybridized carbons (Fsp3) is 0.389. The van der Waals surface area contributed by atoms with E-state index in [0.29, 0.717) is 17.4 Å². The van der Waals surface area contributed by atoms with Gasteiger partial charge in [0.1, 0.15) is 17.3 Å². The third-order valence-corrected chi connectivity index (χ3v) is 4.07. The van der Waals surface area contributed by atoms with Crippen molar-refractivity contribution in [3.05, 3.63) is 47.9 Å². The zero-order valence-corrected chi connectivity index (χ0v) is 13.6. The summed E-state index contributed by atoms with van der Waals surface area (Å²) in [5.74, 6) is 1.93. The highest BCUT2D eigenvalue weighted by Gasteiger charge is 2.20. The molecule has 1 atom stereocenters. The van der Waals surface area contributed by atoms with E-state index in [1.807, 2.05) is 37.3 Å². The average Bonchev–Trinajstić information content (AvgIpc) is 2.55. The normalized spacial score (nSPS) is 17.8. The number of amides is 1. The van der Waals surface area contributed by atoms with Gasteiger partial charge in [-0.2, -0.15) is 0 Å². The molecule has 1 aromatic carbocycles. The Morgan fingerprint density at radius 1 is 1.26 bits per heavy atom. The fourth-order valence-corrected chi connectivity index (χ4v) is 2.94. The summed E-state index contributed by atoms with van der Waals surface area (Å²) >= 11 is 0. The number of rotatable bonds is 3. The predicted molar refractivity (Wildman–Crippen MR) is 91.8 cm³/mol. The van der Waals surface area contributed by atoms with E-state index in [0.717, 1.165) is 31.0 Å². The van der Waals surface area contributed by atoms with Gasteiger partial charge < -0.3 is 10.2 Å². The van der Waals surface area contributed by atoms with Crippen LogP contribution in [0, 0.1) is 12.8 Å². The molecule has 1 N–H and O–H groups in total. The highest BCUT2D eigenvalue weighted by molar-refractivity contribution is 6.03. The van der Waals surface area contributed by atoms with Crippen LogP contribution in [-0.2, 0) is 0 Å². The summed E-state index contributed by atoms with van der Waals surface area (Å²) in [7, 11) is 0. The van der Waals surface area contributed by atoms with Crippen molar-refractivity contribution in [3.63, 3.8) is 0 Å². The molecular formula is C18H22N4O. The van der Waals surface area contributed by atoms with Crippen LogP contribution in [0.3, 0.4) is 0 Å². The number of hydrogen-bond donors (Lipinski definition) is 1. The standard InChI is InChI=1S/C18H22N4O/c1-13-7-6-10-22(12-13)17-11-16(19-14(2)20-17)18(23)21-15-8-4-3-5-9-15/h3-5,8-9,11,13H,6-7,10,12H2,1-2H3,(H,21,23). The Morgan fingerprint density at radius 2 is 2.04 bits per heavy atom. The van der Waals surface area contributed by atoms with E-state index in [4.69, 9.17) is 0 Å². The molecule has 5 nitrogen and oxygen atoms in total. The van der Waals surface area contributed by atoms with Crippen molar-refractivity contribution in [2.24, 2.45) is 5.92 Å². The molecule has 1 aliphatic heterocycles. The minimum absolute atomic E-state index is 0.201. The van der Waals surface area contributed by atoms with E-state index in [9.17, 15) is 4.79 Å². The van der Waals surface area contributed by atoms with Crippen LogP contribution < -0.4 is 10.2 Å². The summed E-state index contributed by atoms with van der Waals surface area (Å²) in [5, 5.41) is 2.88. The van der Waals surface area contributed by atoms with E-state index in [2.05, 4.69) is 27.1 Å².